The normalized spacial score (nSPS) is 11.3. The minimum absolute atomic E-state index is 0.0835. The van der Waals surface area contributed by atoms with Crippen molar-refractivity contribution in [1.29, 1.82) is 0 Å². The topological polar surface area (TPSA) is 75.0 Å². The molecule has 3 N–H and O–H groups in total. The monoisotopic (exact) mass is 266 g/mol. The van der Waals surface area contributed by atoms with Crippen molar-refractivity contribution >= 4 is 11.6 Å². The van der Waals surface area contributed by atoms with Crippen LogP contribution >= 0.6 is 0 Å². The molecule has 5 heteroatoms. The lowest BCUT2D eigenvalue weighted by Gasteiger charge is -2.27. The number of amides is 1. The number of nitrogen functional groups attached to an aromatic ring is 1. The van der Waals surface area contributed by atoms with Gasteiger partial charge < -0.3 is 10.6 Å². The van der Waals surface area contributed by atoms with E-state index in [2.05, 4.69) is 31.0 Å². The van der Waals surface area contributed by atoms with Crippen LogP contribution in [0.2, 0.25) is 0 Å². The zero-order valence-electron chi connectivity index (χ0n) is 12.7. The first kappa shape index (κ1) is 15.5. The van der Waals surface area contributed by atoms with Gasteiger partial charge in [0.1, 0.15) is 0 Å². The molecule has 1 aromatic rings. The number of nitrogens with zero attached hydrogens (tertiary/aromatic N) is 2. The average Bonchev–Trinajstić information content (AvgIpc) is 2.67. The largest absolute Gasteiger partial charge is 0.395 e. The smallest absolute Gasteiger partial charge is 0.276 e. The zero-order chi connectivity index (χ0) is 14.6. The Morgan fingerprint density at radius 2 is 2.00 bits per heavy atom. The van der Waals surface area contributed by atoms with Gasteiger partial charge >= 0.3 is 0 Å². The Morgan fingerprint density at radius 1 is 1.37 bits per heavy atom. The van der Waals surface area contributed by atoms with E-state index < -0.39 is 0 Å². The molecule has 0 aliphatic heterocycles. The molecule has 1 heterocycles. The minimum Gasteiger partial charge on any atom is -0.395 e. The summed E-state index contributed by atoms with van der Waals surface area (Å²) in [5, 5.41) is 6.98. The van der Waals surface area contributed by atoms with Crippen molar-refractivity contribution in [2.75, 3.05) is 12.3 Å². The van der Waals surface area contributed by atoms with E-state index in [-0.39, 0.29) is 11.9 Å². The first-order chi connectivity index (χ1) is 8.88. The third-order valence-corrected chi connectivity index (χ3v) is 3.03. The highest BCUT2D eigenvalue weighted by Crippen LogP contribution is 2.19. The number of hydrogen-bond donors (Lipinski definition) is 2. The second-order valence-electron chi connectivity index (χ2n) is 5.66. The number of anilines is 1. The first-order valence-corrected chi connectivity index (χ1v) is 7.02. The quantitative estimate of drug-likeness (QED) is 0.830. The molecule has 108 valence electrons. The summed E-state index contributed by atoms with van der Waals surface area (Å²) in [4.78, 5) is 14.3. The lowest BCUT2D eigenvalue weighted by atomic mass is 10.1. The van der Waals surface area contributed by atoms with Crippen LogP contribution in [0, 0.1) is 5.92 Å². The summed E-state index contributed by atoms with van der Waals surface area (Å²) in [6, 6.07) is 0.139. The van der Waals surface area contributed by atoms with Crippen molar-refractivity contribution in [1.82, 2.24) is 15.1 Å². The van der Waals surface area contributed by atoms with Gasteiger partial charge in [0.25, 0.3) is 5.91 Å². The molecule has 0 bridgehead atoms. The number of H-pyrrole nitrogens is 1. The molecule has 0 aromatic carbocycles. The molecule has 0 saturated carbocycles. The lowest BCUT2D eigenvalue weighted by Crippen LogP contribution is -2.40. The van der Waals surface area contributed by atoms with Crippen LogP contribution in [0.25, 0.3) is 0 Å². The number of aryl methyl sites for hydroxylation is 1. The second-order valence-corrected chi connectivity index (χ2v) is 5.66. The van der Waals surface area contributed by atoms with Gasteiger partial charge in [-0.05, 0) is 26.2 Å². The molecule has 1 rings (SSSR count). The molecular formula is C14H26N4O. The Labute approximate surface area is 115 Å². The van der Waals surface area contributed by atoms with Crippen LogP contribution < -0.4 is 5.73 Å². The van der Waals surface area contributed by atoms with Crippen LogP contribution in [0.5, 0.6) is 0 Å². The van der Waals surface area contributed by atoms with Gasteiger partial charge in [0.15, 0.2) is 5.69 Å². The fourth-order valence-electron chi connectivity index (χ4n) is 2.05. The van der Waals surface area contributed by atoms with E-state index in [4.69, 9.17) is 5.73 Å². The van der Waals surface area contributed by atoms with E-state index >= 15 is 0 Å². The van der Waals surface area contributed by atoms with Crippen LogP contribution in [0.4, 0.5) is 5.69 Å². The number of nitrogens with one attached hydrogen (secondary N) is 1. The van der Waals surface area contributed by atoms with Gasteiger partial charge in [0, 0.05) is 12.6 Å². The maximum Gasteiger partial charge on any atom is 0.276 e. The third kappa shape index (κ3) is 3.72. The Hall–Kier alpha value is -1.52. The van der Waals surface area contributed by atoms with E-state index in [1.165, 1.54) is 0 Å². The summed E-state index contributed by atoms with van der Waals surface area (Å²) in [5.41, 5.74) is 7.74. The summed E-state index contributed by atoms with van der Waals surface area (Å²) >= 11 is 0. The second kappa shape index (κ2) is 6.59. The molecule has 0 aliphatic carbocycles. The van der Waals surface area contributed by atoms with Crippen LogP contribution in [-0.2, 0) is 6.42 Å². The van der Waals surface area contributed by atoms with E-state index in [9.17, 15) is 4.79 Å². The molecule has 19 heavy (non-hydrogen) atoms. The average molecular weight is 266 g/mol. The Balaban J connectivity index is 2.96. The predicted molar refractivity (Wildman–Crippen MR) is 78.0 cm³/mol. The summed E-state index contributed by atoms with van der Waals surface area (Å²) in [6.45, 7) is 11.0. The molecule has 0 fully saturated rings. The number of aromatic amines is 1. The van der Waals surface area contributed by atoms with Gasteiger partial charge in [-0.2, -0.15) is 5.10 Å². The van der Waals surface area contributed by atoms with E-state index in [0.29, 0.717) is 23.8 Å². The molecule has 0 unspecified atom stereocenters. The fourth-order valence-corrected chi connectivity index (χ4v) is 2.05. The standard InChI is InChI=1S/C14H26N4O/c1-6-7-11-12(15)13(17-16-11)14(19)18(10(4)5)8-9(2)3/h9-10H,6-8,15H2,1-5H3,(H,16,17). The molecule has 0 radical (unpaired) electrons. The highest BCUT2D eigenvalue weighted by molar-refractivity contribution is 5.97. The van der Waals surface area contributed by atoms with Gasteiger partial charge in [0.2, 0.25) is 0 Å². The SMILES string of the molecule is CCCc1[nH]nc(C(=O)N(CC(C)C)C(C)C)c1N. The number of nitrogens with two attached hydrogens (primary N) is 1. The highest BCUT2D eigenvalue weighted by atomic mass is 16.2. The van der Waals surface area contributed by atoms with Crippen molar-refractivity contribution in [3.63, 3.8) is 0 Å². The van der Waals surface area contributed by atoms with Crippen molar-refractivity contribution in [2.24, 2.45) is 5.92 Å². The van der Waals surface area contributed by atoms with Gasteiger partial charge in [-0.15, -0.1) is 0 Å². The fraction of sp³-hybridized carbons (Fsp3) is 0.714. The molecule has 5 nitrogen and oxygen atoms in total. The van der Waals surface area contributed by atoms with E-state index in [1.54, 1.807) is 0 Å². The Bertz CT molecular complexity index is 423. The molecule has 0 aliphatic rings. The van der Waals surface area contributed by atoms with Crippen LogP contribution in [-0.4, -0.2) is 33.6 Å². The maximum absolute atomic E-state index is 12.5. The number of rotatable bonds is 6. The molecule has 1 amide bonds. The predicted octanol–water partition coefficient (Wildman–Crippen LogP) is 2.45. The van der Waals surface area contributed by atoms with Gasteiger partial charge in [-0.3, -0.25) is 9.89 Å². The molecule has 0 saturated heterocycles. The molecular weight excluding hydrogens is 240 g/mol. The summed E-state index contributed by atoms with van der Waals surface area (Å²) in [6.07, 6.45) is 1.79. The third-order valence-electron chi connectivity index (χ3n) is 3.03. The molecule has 0 spiro atoms. The van der Waals surface area contributed by atoms with E-state index in [1.807, 2.05) is 18.7 Å². The van der Waals surface area contributed by atoms with Crippen molar-refractivity contribution in [2.45, 2.75) is 53.5 Å². The van der Waals surface area contributed by atoms with Crippen LogP contribution in [0.1, 0.15) is 57.2 Å². The lowest BCUT2D eigenvalue weighted by molar-refractivity contribution is 0.0677. The number of carbonyl (C=O) groups excluding carboxylic acids is 1. The van der Waals surface area contributed by atoms with Crippen molar-refractivity contribution in [3.05, 3.63) is 11.4 Å². The van der Waals surface area contributed by atoms with Gasteiger partial charge in [-0.1, -0.05) is 27.2 Å². The molecule has 1 aromatic heterocycles. The maximum atomic E-state index is 12.5. The zero-order valence-corrected chi connectivity index (χ0v) is 12.7. The van der Waals surface area contributed by atoms with Crippen LogP contribution in [0.3, 0.4) is 0 Å². The summed E-state index contributed by atoms with van der Waals surface area (Å²) in [7, 11) is 0. The number of aromatic nitrogens is 2. The first-order valence-electron chi connectivity index (χ1n) is 7.02. The van der Waals surface area contributed by atoms with Crippen molar-refractivity contribution in [3.8, 4) is 0 Å². The minimum atomic E-state index is -0.0835. The number of carbonyl (C=O) groups is 1. The van der Waals surface area contributed by atoms with Crippen LogP contribution in [0.15, 0.2) is 0 Å². The highest BCUT2D eigenvalue weighted by Gasteiger charge is 2.25. The van der Waals surface area contributed by atoms with E-state index in [0.717, 1.165) is 18.5 Å². The molecule has 0 atom stereocenters. The Morgan fingerprint density at radius 3 is 2.47 bits per heavy atom. The Kier molecular flexibility index (Phi) is 5.39. The number of hydrogen-bond acceptors (Lipinski definition) is 3. The van der Waals surface area contributed by atoms with Crippen molar-refractivity contribution < 1.29 is 4.79 Å². The van der Waals surface area contributed by atoms with Gasteiger partial charge in [0.05, 0.1) is 11.4 Å². The summed E-state index contributed by atoms with van der Waals surface area (Å²) < 4.78 is 0. The van der Waals surface area contributed by atoms with Gasteiger partial charge in [-0.25, -0.2) is 0 Å². The summed E-state index contributed by atoms with van der Waals surface area (Å²) in [5.74, 6) is 0.335.